The van der Waals surface area contributed by atoms with Gasteiger partial charge < -0.3 is 105 Å². The van der Waals surface area contributed by atoms with Crippen LogP contribution < -0.4 is 0 Å². The molecule has 0 aliphatic carbocycles. The molecule has 0 bridgehead atoms. The summed E-state index contributed by atoms with van der Waals surface area (Å²) >= 11 is 0. The fourth-order valence-electron chi connectivity index (χ4n) is 4.98. The van der Waals surface area contributed by atoms with Gasteiger partial charge in [0.2, 0.25) is 0 Å². The molecule has 264 valence electrons. The van der Waals surface area contributed by atoms with Crippen LogP contribution in [0.2, 0.25) is 0 Å². The Morgan fingerprint density at radius 1 is 0.622 bits per heavy atom. The van der Waals surface area contributed by atoms with Crippen molar-refractivity contribution < 1.29 is 105 Å². The highest BCUT2D eigenvalue weighted by atomic mass is 16.8. The van der Waals surface area contributed by atoms with E-state index in [0.717, 1.165) is 0 Å². The Kier molecular flexibility index (Phi) is 14.3. The Morgan fingerprint density at radius 2 is 1.13 bits per heavy atom. The summed E-state index contributed by atoms with van der Waals surface area (Å²) in [5.41, 5.74) is 0. The van der Waals surface area contributed by atoms with E-state index in [1.807, 2.05) is 0 Å². The number of hydrogen-bond acceptors (Lipinski definition) is 21. The average Bonchev–Trinajstić information content (AvgIpc) is 3.04. The highest BCUT2D eigenvalue weighted by Gasteiger charge is 2.52. The lowest BCUT2D eigenvalue weighted by Crippen LogP contribution is -2.65. The summed E-state index contributed by atoms with van der Waals surface area (Å²) in [6.45, 7) is -3.46. The van der Waals surface area contributed by atoms with E-state index in [9.17, 15) is 76.3 Å². The van der Waals surface area contributed by atoms with Crippen molar-refractivity contribution >= 4 is 6.29 Å². The van der Waals surface area contributed by atoms with Crippen LogP contribution >= 0.6 is 0 Å². The number of aliphatic hydroxyl groups excluding tert-OH is 14. The summed E-state index contributed by atoms with van der Waals surface area (Å²) in [4.78, 5) is 10.9. The zero-order valence-electron chi connectivity index (χ0n) is 23.5. The predicted molar refractivity (Wildman–Crippen MR) is 135 cm³/mol. The molecule has 3 saturated heterocycles. The summed E-state index contributed by atoms with van der Waals surface area (Å²) in [5.74, 6) is 0. The lowest BCUT2D eigenvalue weighted by molar-refractivity contribution is -0.371. The van der Waals surface area contributed by atoms with Gasteiger partial charge in [-0.2, -0.15) is 0 Å². The van der Waals surface area contributed by atoms with Gasteiger partial charge in [-0.15, -0.1) is 0 Å². The minimum absolute atomic E-state index is 0.0957. The quantitative estimate of drug-likeness (QED) is 0.0765. The van der Waals surface area contributed by atoms with E-state index < -0.39 is 143 Å². The van der Waals surface area contributed by atoms with E-state index in [0.29, 0.717) is 0 Å². The zero-order chi connectivity index (χ0) is 33.7. The first kappa shape index (κ1) is 38.3. The maximum Gasteiger partial charge on any atom is 0.187 e. The molecule has 21 nitrogen and oxygen atoms in total. The van der Waals surface area contributed by atoms with Gasteiger partial charge in [-0.05, 0) is 0 Å². The molecule has 0 unspecified atom stereocenters. The van der Waals surface area contributed by atoms with Gasteiger partial charge in [-0.3, -0.25) is 0 Å². The number of ether oxygens (including phenoxy) is 6. The van der Waals surface area contributed by atoms with Crippen molar-refractivity contribution in [2.75, 3.05) is 26.4 Å². The van der Waals surface area contributed by atoms with Gasteiger partial charge in [-0.1, -0.05) is 0 Å². The van der Waals surface area contributed by atoms with Gasteiger partial charge in [0.1, 0.15) is 97.7 Å². The molecule has 14 N–H and O–H groups in total. The lowest BCUT2D eigenvalue weighted by atomic mass is 9.96. The summed E-state index contributed by atoms with van der Waals surface area (Å²) < 4.78 is 32.2. The Bertz CT molecular complexity index is 897. The second-order valence-electron chi connectivity index (χ2n) is 10.8. The molecule has 0 amide bonds. The molecule has 0 saturated carbocycles. The van der Waals surface area contributed by atoms with Crippen LogP contribution in [0.1, 0.15) is 0 Å². The third-order valence-electron chi connectivity index (χ3n) is 7.74. The van der Waals surface area contributed by atoms with Crippen molar-refractivity contribution in [3.05, 3.63) is 0 Å². The molecule has 3 heterocycles. The molecule has 0 aromatic carbocycles. The zero-order valence-corrected chi connectivity index (χ0v) is 23.5. The summed E-state index contributed by atoms with van der Waals surface area (Å²) in [6.07, 6.45) is -35.3. The Morgan fingerprint density at radius 3 is 1.69 bits per heavy atom. The standard InChI is InChI=1S/C24H42O21/c25-1-6(29)11(31)20(7(30)2-26)44-24-19(39)16(36)21(9(4-28)42-24)45-23-18(38)15(35)13(33)10(43-23)5-40-22-17(37)14(34)12(32)8(3-27)41-22/h1,6-24,26-39H,2-5H2/t6-,7+,8+,9+,10+,11+,12+,13+,14-,15-,16+,17+,18+,19+,20+,21+,22+,23-,24-/m0/s1. The van der Waals surface area contributed by atoms with Crippen LogP contribution in [-0.4, -0.2) is 221 Å². The van der Waals surface area contributed by atoms with E-state index in [4.69, 9.17) is 28.4 Å². The molecule has 3 rings (SSSR count). The molecule has 3 aliphatic heterocycles. The monoisotopic (exact) mass is 666 g/mol. The van der Waals surface area contributed by atoms with Gasteiger partial charge in [0.15, 0.2) is 25.2 Å². The summed E-state index contributed by atoms with van der Waals surface area (Å²) in [5, 5.41) is 141. The number of aliphatic hydroxyl groups is 14. The Hall–Kier alpha value is -1.13. The largest absolute Gasteiger partial charge is 0.394 e. The van der Waals surface area contributed by atoms with E-state index in [1.165, 1.54) is 0 Å². The predicted octanol–water partition coefficient (Wildman–Crippen LogP) is -9.91. The van der Waals surface area contributed by atoms with Crippen LogP contribution in [0.5, 0.6) is 0 Å². The molecule has 0 spiro atoms. The van der Waals surface area contributed by atoms with E-state index in [2.05, 4.69) is 0 Å². The molecule has 3 aliphatic rings. The van der Waals surface area contributed by atoms with Crippen LogP contribution in [0.3, 0.4) is 0 Å². The number of hydrogen-bond donors (Lipinski definition) is 14. The topological polar surface area (TPSA) is 356 Å². The van der Waals surface area contributed by atoms with Gasteiger partial charge in [0, 0.05) is 0 Å². The van der Waals surface area contributed by atoms with Crippen LogP contribution in [0, 0.1) is 0 Å². The minimum atomic E-state index is -2.14. The highest BCUT2D eigenvalue weighted by Crippen LogP contribution is 2.31. The lowest BCUT2D eigenvalue weighted by Gasteiger charge is -2.47. The van der Waals surface area contributed by atoms with Gasteiger partial charge in [0.05, 0.1) is 26.4 Å². The molecular formula is C24H42O21. The summed E-state index contributed by atoms with van der Waals surface area (Å²) in [6, 6.07) is 0. The number of aldehydes is 1. The third-order valence-corrected chi connectivity index (χ3v) is 7.74. The second kappa shape index (κ2) is 16.8. The number of rotatable bonds is 14. The van der Waals surface area contributed by atoms with Crippen molar-refractivity contribution in [3.8, 4) is 0 Å². The van der Waals surface area contributed by atoms with E-state index in [-0.39, 0.29) is 6.29 Å². The second-order valence-corrected chi connectivity index (χ2v) is 10.8. The molecular weight excluding hydrogens is 624 g/mol. The first-order chi connectivity index (χ1) is 21.2. The van der Waals surface area contributed by atoms with Crippen molar-refractivity contribution in [2.45, 2.75) is 117 Å². The molecule has 45 heavy (non-hydrogen) atoms. The molecule has 0 aromatic heterocycles. The SMILES string of the molecule is O=C[C@H](O)[C@@H](O)[C@H](O[C@@H]1O[C@H](CO)[C@@H](O[C@@H]2O[C@H](CO[C@@H]3O[C@H](CO)[C@@H](O)[C@H](O)[C@H]3O)[C@@H](O)[C@H](O)[C@H]2O)[C@H](O)[C@H]1O)[C@H](O)CO. The molecule has 3 fully saturated rings. The first-order valence-electron chi connectivity index (χ1n) is 13.9. The van der Waals surface area contributed by atoms with Crippen molar-refractivity contribution in [1.29, 1.82) is 0 Å². The normalized spacial score (nSPS) is 45.4. The molecule has 0 aromatic rings. The smallest absolute Gasteiger partial charge is 0.187 e. The molecule has 19 atom stereocenters. The highest BCUT2D eigenvalue weighted by molar-refractivity contribution is 5.56. The first-order valence-corrected chi connectivity index (χ1v) is 13.9. The third kappa shape index (κ3) is 8.48. The number of carbonyl (C=O) groups is 1. The molecule has 0 radical (unpaired) electrons. The van der Waals surface area contributed by atoms with E-state index >= 15 is 0 Å². The summed E-state index contributed by atoms with van der Waals surface area (Å²) in [7, 11) is 0. The Balaban J connectivity index is 1.70. The number of carbonyl (C=O) groups excluding carboxylic acids is 1. The van der Waals surface area contributed by atoms with Gasteiger partial charge in [0.25, 0.3) is 0 Å². The fraction of sp³-hybridized carbons (Fsp3) is 0.958. The average molecular weight is 667 g/mol. The van der Waals surface area contributed by atoms with Gasteiger partial charge in [-0.25, -0.2) is 0 Å². The molecule has 21 heteroatoms. The van der Waals surface area contributed by atoms with Crippen molar-refractivity contribution in [3.63, 3.8) is 0 Å². The van der Waals surface area contributed by atoms with E-state index in [1.54, 1.807) is 0 Å². The van der Waals surface area contributed by atoms with Gasteiger partial charge >= 0.3 is 0 Å². The maximum atomic E-state index is 10.9. The maximum absolute atomic E-state index is 10.9. The van der Waals surface area contributed by atoms with Crippen LogP contribution in [0.25, 0.3) is 0 Å². The fourth-order valence-corrected chi connectivity index (χ4v) is 4.98. The van der Waals surface area contributed by atoms with Crippen molar-refractivity contribution in [1.82, 2.24) is 0 Å². The van der Waals surface area contributed by atoms with Crippen LogP contribution in [0.4, 0.5) is 0 Å². The van der Waals surface area contributed by atoms with Crippen LogP contribution in [-0.2, 0) is 33.2 Å². The Labute approximate surface area is 254 Å². The minimum Gasteiger partial charge on any atom is -0.394 e. The van der Waals surface area contributed by atoms with Crippen molar-refractivity contribution in [2.24, 2.45) is 0 Å². The van der Waals surface area contributed by atoms with Crippen LogP contribution in [0.15, 0.2) is 0 Å².